The second kappa shape index (κ2) is 4.23. The van der Waals surface area contributed by atoms with Crippen LogP contribution in [-0.2, 0) is 0 Å². The Kier molecular flexibility index (Phi) is 2.95. The minimum atomic E-state index is 0.445. The summed E-state index contributed by atoms with van der Waals surface area (Å²) in [4.78, 5) is 1.15. The van der Waals surface area contributed by atoms with E-state index < -0.39 is 0 Å². The molecule has 0 atom stereocenters. The van der Waals surface area contributed by atoms with Crippen molar-refractivity contribution in [2.45, 2.75) is 31.6 Å². The minimum Gasteiger partial charge on any atom is -0.243 e. The molecule has 3 nitrogen and oxygen atoms in total. The molecule has 1 aromatic heterocycles. The van der Waals surface area contributed by atoms with E-state index in [1.165, 1.54) is 5.56 Å². The van der Waals surface area contributed by atoms with E-state index in [-0.39, 0.29) is 0 Å². The van der Waals surface area contributed by atoms with Crippen LogP contribution in [-0.4, -0.2) is 16.1 Å². The second-order valence-corrected chi connectivity index (χ2v) is 5.01. The van der Waals surface area contributed by atoms with Crippen molar-refractivity contribution >= 4 is 22.8 Å². The van der Waals surface area contributed by atoms with Crippen LogP contribution < -0.4 is 0 Å². The summed E-state index contributed by atoms with van der Waals surface area (Å²) >= 11 is 1.77. The van der Waals surface area contributed by atoms with Crippen molar-refractivity contribution in [2.24, 2.45) is 0 Å². The molecule has 4 heteroatoms. The summed E-state index contributed by atoms with van der Waals surface area (Å²) in [7, 11) is 0. The molecule has 2 rings (SSSR count). The second-order valence-electron chi connectivity index (χ2n) is 3.70. The van der Waals surface area contributed by atoms with Gasteiger partial charge in [0.1, 0.15) is 11.0 Å². The molecule has 0 amide bonds. The average Bonchev–Trinajstić information content (AvgIpc) is 2.66. The minimum absolute atomic E-state index is 0.445. The molecule has 0 saturated heterocycles. The van der Waals surface area contributed by atoms with Crippen LogP contribution in [0.4, 0.5) is 0 Å². The third-order valence-corrected chi connectivity index (χ3v) is 3.26. The first-order valence-corrected chi connectivity index (χ1v) is 6.10. The van der Waals surface area contributed by atoms with Crippen LogP contribution in [0.15, 0.2) is 21.7 Å². The van der Waals surface area contributed by atoms with Crippen LogP contribution in [0.3, 0.4) is 0 Å². The van der Waals surface area contributed by atoms with Crippen LogP contribution in [0, 0.1) is 0 Å². The number of aromatic nitrogens is 2. The van der Waals surface area contributed by atoms with Gasteiger partial charge in [-0.1, -0.05) is 26.8 Å². The topological polar surface area (TPSA) is 38.9 Å². The van der Waals surface area contributed by atoms with Crippen LogP contribution >= 0.6 is 11.8 Å². The first kappa shape index (κ1) is 10.5. The van der Waals surface area contributed by atoms with E-state index in [0.717, 1.165) is 21.7 Å². The molecule has 0 aliphatic carbocycles. The Hall–Kier alpha value is -1.03. The SMILES string of the molecule is CCSc1ccc(C(C)C)c2nonc12. The highest BCUT2D eigenvalue weighted by molar-refractivity contribution is 7.99. The lowest BCUT2D eigenvalue weighted by molar-refractivity contribution is 0.315. The molecule has 1 heterocycles. The van der Waals surface area contributed by atoms with Gasteiger partial charge in [0.2, 0.25) is 0 Å². The summed E-state index contributed by atoms with van der Waals surface area (Å²) in [5.41, 5.74) is 3.00. The lowest BCUT2D eigenvalue weighted by Crippen LogP contribution is -1.90. The van der Waals surface area contributed by atoms with Gasteiger partial charge in [0.25, 0.3) is 0 Å². The summed E-state index contributed by atoms with van der Waals surface area (Å²) in [5, 5.41) is 7.96. The number of hydrogen-bond acceptors (Lipinski definition) is 4. The summed E-state index contributed by atoms with van der Waals surface area (Å²) < 4.78 is 4.83. The van der Waals surface area contributed by atoms with Gasteiger partial charge in [-0.25, -0.2) is 4.63 Å². The third kappa shape index (κ3) is 1.86. The fourth-order valence-corrected chi connectivity index (χ4v) is 2.35. The molecular formula is C11H14N2OS. The highest BCUT2D eigenvalue weighted by Gasteiger charge is 2.13. The Morgan fingerprint density at radius 2 is 2.00 bits per heavy atom. The number of thioether (sulfide) groups is 1. The first-order chi connectivity index (χ1) is 7.24. The Bertz CT molecular complexity index is 465. The quantitative estimate of drug-likeness (QED) is 0.745. The van der Waals surface area contributed by atoms with Crippen LogP contribution in [0.25, 0.3) is 11.0 Å². The lowest BCUT2D eigenvalue weighted by Gasteiger charge is -2.06. The standard InChI is InChI=1S/C11H14N2OS/c1-4-15-9-6-5-8(7(2)3)10-11(9)13-14-12-10/h5-7H,4H2,1-3H3. The van der Waals surface area contributed by atoms with Crippen LogP contribution in [0.2, 0.25) is 0 Å². The lowest BCUT2D eigenvalue weighted by atomic mass is 10.0. The molecule has 0 aliphatic rings. The molecule has 15 heavy (non-hydrogen) atoms. The van der Waals surface area contributed by atoms with Crippen molar-refractivity contribution in [3.63, 3.8) is 0 Å². The van der Waals surface area contributed by atoms with Gasteiger partial charge in [-0.05, 0) is 33.6 Å². The molecular weight excluding hydrogens is 208 g/mol. The van der Waals surface area contributed by atoms with E-state index in [4.69, 9.17) is 4.63 Å². The maximum Gasteiger partial charge on any atom is 0.149 e. The average molecular weight is 222 g/mol. The molecule has 80 valence electrons. The van der Waals surface area contributed by atoms with E-state index in [1.54, 1.807) is 11.8 Å². The highest BCUT2D eigenvalue weighted by atomic mass is 32.2. The third-order valence-electron chi connectivity index (χ3n) is 2.33. The number of fused-ring (bicyclic) bond motifs is 1. The molecule has 0 saturated carbocycles. The normalized spacial score (nSPS) is 11.5. The van der Waals surface area contributed by atoms with Crippen LogP contribution in [0.1, 0.15) is 32.3 Å². The predicted octanol–water partition coefficient (Wildman–Crippen LogP) is 3.46. The number of benzene rings is 1. The molecule has 1 aromatic carbocycles. The van der Waals surface area contributed by atoms with Gasteiger partial charge < -0.3 is 0 Å². The van der Waals surface area contributed by atoms with Crippen molar-refractivity contribution in [3.05, 3.63) is 17.7 Å². The largest absolute Gasteiger partial charge is 0.243 e. The summed E-state index contributed by atoms with van der Waals surface area (Å²) in [5.74, 6) is 1.48. The zero-order valence-electron chi connectivity index (χ0n) is 9.15. The van der Waals surface area contributed by atoms with Gasteiger partial charge in [-0.2, -0.15) is 0 Å². The van der Waals surface area contributed by atoms with E-state index in [2.05, 4.69) is 43.2 Å². The van der Waals surface area contributed by atoms with Crippen molar-refractivity contribution in [3.8, 4) is 0 Å². The summed E-state index contributed by atoms with van der Waals surface area (Å²) in [6.07, 6.45) is 0. The van der Waals surface area contributed by atoms with E-state index >= 15 is 0 Å². The molecule has 0 fully saturated rings. The molecule has 0 radical (unpaired) electrons. The zero-order chi connectivity index (χ0) is 10.8. The van der Waals surface area contributed by atoms with E-state index in [9.17, 15) is 0 Å². The Morgan fingerprint density at radius 1 is 1.27 bits per heavy atom. The number of nitrogens with zero attached hydrogens (tertiary/aromatic N) is 2. The van der Waals surface area contributed by atoms with Crippen molar-refractivity contribution < 1.29 is 4.63 Å². The molecule has 0 bridgehead atoms. The van der Waals surface area contributed by atoms with Gasteiger partial charge in [0.15, 0.2) is 0 Å². The first-order valence-electron chi connectivity index (χ1n) is 5.12. The van der Waals surface area contributed by atoms with Gasteiger partial charge in [-0.3, -0.25) is 0 Å². The van der Waals surface area contributed by atoms with Gasteiger partial charge >= 0.3 is 0 Å². The zero-order valence-corrected chi connectivity index (χ0v) is 9.97. The summed E-state index contributed by atoms with van der Waals surface area (Å²) in [6, 6.07) is 4.23. The fourth-order valence-electron chi connectivity index (χ4n) is 1.60. The van der Waals surface area contributed by atoms with E-state index in [1.807, 2.05) is 0 Å². The van der Waals surface area contributed by atoms with Gasteiger partial charge in [0, 0.05) is 4.90 Å². The Balaban J connectivity index is 2.60. The molecule has 2 aromatic rings. The number of hydrogen-bond donors (Lipinski definition) is 0. The monoisotopic (exact) mass is 222 g/mol. The van der Waals surface area contributed by atoms with Gasteiger partial charge in [-0.15, -0.1) is 11.8 Å². The molecule has 0 unspecified atom stereocenters. The molecule has 0 spiro atoms. The molecule has 0 aliphatic heterocycles. The van der Waals surface area contributed by atoms with Gasteiger partial charge in [0.05, 0.1) is 0 Å². The Morgan fingerprint density at radius 3 is 2.67 bits per heavy atom. The number of rotatable bonds is 3. The Labute approximate surface area is 93.2 Å². The highest BCUT2D eigenvalue weighted by Crippen LogP contribution is 2.30. The van der Waals surface area contributed by atoms with Crippen molar-refractivity contribution in [2.75, 3.05) is 5.75 Å². The van der Waals surface area contributed by atoms with E-state index in [0.29, 0.717) is 5.92 Å². The fraction of sp³-hybridized carbons (Fsp3) is 0.455. The predicted molar refractivity (Wildman–Crippen MR) is 62.3 cm³/mol. The smallest absolute Gasteiger partial charge is 0.149 e. The van der Waals surface area contributed by atoms with Crippen molar-refractivity contribution in [1.82, 2.24) is 10.3 Å². The maximum absolute atomic E-state index is 4.83. The maximum atomic E-state index is 4.83. The van der Waals surface area contributed by atoms with Crippen molar-refractivity contribution in [1.29, 1.82) is 0 Å². The summed E-state index contributed by atoms with van der Waals surface area (Å²) in [6.45, 7) is 6.42. The molecule has 0 N–H and O–H groups in total. The van der Waals surface area contributed by atoms with Crippen LogP contribution in [0.5, 0.6) is 0 Å².